The molecule has 1 aromatic rings. The molecule has 1 heterocycles. The van der Waals surface area contributed by atoms with Gasteiger partial charge in [0.05, 0.1) is 13.2 Å². The van der Waals surface area contributed by atoms with E-state index in [1.807, 2.05) is 24.3 Å². The van der Waals surface area contributed by atoms with Crippen molar-refractivity contribution in [1.82, 2.24) is 0 Å². The van der Waals surface area contributed by atoms with Gasteiger partial charge in [0.25, 0.3) is 0 Å². The largest absolute Gasteiger partial charge is 0.343 e. The van der Waals surface area contributed by atoms with Crippen molar-refractivity contribution in [2.24, 2.45) is 5.73 Å². The van der Waals surface area contributed by atoms with Gasteiger partial charge in [-0.25, -0.2) is 0 Å². The summed E-state index contributed by atoms with van der Waals surface area (Å²) in [5.41, 5.74) is 6.52. The SMILES string of the molecule is NCCC1(c2cccc(Cl)c2)OCCO1. The number of hydrogen-bond acceptors (Lipinski definition) is 3. The highest BCUT2D eigenvalue weighted by molar-refractivity contribution is 6.30. The Morgan fingerprint density at radius 1 is 1.33 bits per heavy atom. The van der Waals surface area contributed by atoms with Crippen molar-refractivity contribution in [1.29, 1.82) is 0 Å². The van der Waals surface area contributed by atoms with Crippen molar-refractivity contribution < 1.29 is 9.47 Å². The third kappa shape index (κ3) is 2.16. The van der Waals surface area contributed by atoms with E-state index >= 15 is 0 Å². The van der Waals surface area contributed by atoms with Crippen LogP contribution in [0.4, 0.5) is 0 Å². The second-order valence-electron chi connectivity index (χ2n) is 3.50. The Morgan fingerprint density at radius 2 is 2.07 bits per heavy atom. The third-order valence-electron chi connectivity index (χ3n) is 2.49. The molecule has 4 heteroatoms. The minimum atomic E-state index is -0.681. The van der Waals surface area contributed by atoms with Gasteiger partial charge >= 0.3 is 0 Å². The van der Waals surface area contributed by atoms with E-state index < -0.39 is 5.79 Å². The second-order valence-corrected chi connectivity index (χ2v) is 3.94. The van der Waals surface area contributed by atoms with E-state index in [0.29, 0.717) is 31.2 Å². The maximum atomic E-state index is 5.94. The van der Waals surface area contributed by atoms with Crippen LogP contribution in [0.15, 0.2) is 24.3 Å². The van der Waals surface area contributed by atoms with Crippen LogP contribution >= 0.6 is 11.6 Å². The van der Waals surface area contributed by atoms with Gasteiger partial charge < -0.3 is 15.2 Å². The van der Waals surface area contributed by atoms with Crippen molar-refractivity contribution in [2.45, 2.75) is 12.2 Å². The Morgan fingerprint density at radius 3 is 2.67 bits per heavy atom. The van der Waals surface area contributed by atoms with Crippen molar-refractivity contribution >= 4 is 11.6 Å². The molecule has 2 rings (SSSR count). The van der Waals surface area contributed by atoms with Crippen molar-refractivity contribution in [3.05, 3.63) is 34.9 Å². The Hall–Kier alpha value is -0.610. The van der Waals surface area contributed by atoms with Crippen LogP contribution in [0.1, 0.15) is 12.0 Å². The average Bonchev–Trinajstić information content (AvgIpc) is 2.68. The monoisotopic (exact) mass is 227 g/mol. The van der Waals surface area contributed by atoms with E-state index in [4.69, 9.17) is 26.8 Å². The molecule has 1 saturated heterocycles. The van der Waals surface area contributed by atoms with E-state index in [9.17, 15) is 0 Å². The van der Waals surface area contributed by atoms with Crippen LogP contribution in [-0.2, 0) is 15.3 Å². The van der Waals surface area contributed by atoms with E-state index in [2.05, 4.69) is 0 Å². The first-order chi connectivity index (χ1) is 7.27. The summed E-state index contributed by atoms with van der Waals surface area (Å²) in [4.78, 5) is 0. The van der Waals surface area contributed by atoms with Crippen LogP contribution < -0.4 is 5.73 Å². The highest BCUT2D eigenvalue weighted by Gasteiger charge is 2.37. The Kier molecular flexibility index (Phi) is 3.26. The molecule has 15 heavy (non-hydrogen) atoms. The Balaban J connectivity index is 2.31. The van der Waals surface area contributed by atoms with Gasteiger partial charge in [0.2, 0.25) is 0 Å². The van der Waals surface area contributed by atoms with Gasteiger partial charge in [-0.2, -0.15) is 0 Å². The molecule has 0 spiro atoms. The van der Waals surface area contributed by atoms with E-state index in [0.717, 1.165) is 5.56 Å². The summed E-state index contributed by atoms with van der Waals surface area (Å²) in [6.07, 6.45) is 0.646. The molecule has 0 radical (unpaired) electrons. The van der Waals surface area contributed by atoms with Crippen molar-refractivity contribution in [2.75, 3.05) is 19.8 Å². The molecule has 1 fully saturated rings. The molecular formula is C11H14ClNO2. The number of ether oxygens (including phenoxy) is 2. The van der Waals surface area contributed by atoms with Gasteiger partial charge in [-0.1, -0.05) is 23.7 Å². The van der Waals surface area contributed by atoms with Gasteiger partial charge in [0.15, 0.2) is 5.79 Å². The number of benzene rings is 1. The fourth-order valence-corrected chi connectivity index (χ4v) is 2.02. The zero-order valence-electron chi connectivity index (χ0n) is 8.41. The first-order valence-corrected chi connectivity index (χ1v) is 5.39. The van der Waals surface area contributed by atoms with Crippen LogP contribution in [0.25, 0.3) is 0 Å². The summed E-state index contributed by atoms with van der Waals surface area (Å²) in [7, 11) is 0. The number of rotatable bonds is 3. The van der Waals surface area contributed by atoms with E-state index in [1.165, 1.54) is 0 Å². The molecule has 1 aliphatic rings. The lowest BCUT2D eigenvalue weighted by Crippen LogP contribution is -2.30. The minimum absolute atomic E-state index is 0.520. The molecular weight excluding hydrogens is 214 g/mol. The van der Waals surface area contributed by atoms with Crippen LogP contribution in [0, 0.1) is 0 Å². The summed E-state index contributed by atoms with van der Waals surface area (Å²) < 4.78 is 11.3. The predicted molar refractivity (Wildman–Crippen MR) is 58.7 cm³/mol. The summed E-state index contributed by atoms with van der Waals surface area (Å²) in [6, 6.07) is 7.53. The minimum Gasteiger partial charge on any atom is -0.343 e. The maximum Gasteiger partial charge on any atom is 0.196 e. The van der Waals surface area contributed by atoms with Gasteiger partial charge in [0.1, 0.15) is 0 Å². The molecule has 0 unspecified atom stereocenters. The molecule has 0 amide bonds. The molecule has 0 atom stereocenters. The smallest absolute Gasteiger partial charge is 0.196 e. The summed E-state index contributed by atoms with van der Waals surface area (Å²) >= 11 is 5.94. The zero-order chi connectivity index (χ0) is 10.7. The first-order valence-electron chi connectivity index (χ1n) is 5.01. The average molecular weight is 228 g/mol. The highest BCUT2D eigenvalue weighted by atomic mass is 35.5. The Labute approximate surface area is 94.1 Å². The van der Waals surface area contributed by atoms with Crippen LogP contribution in [0.5, 0.6) is 0 Å². The van der Waals surface area contributed by atoms with Crippen LogP contribution in [0.2, 0.25) is 5.02 Å². The van der Waals surface area contributed by atoms with Gasteiger partial charge in [-0.3, -0.25) is 0 Å². The van der Waals surface area contributed by atoms with E-state index in [1.54, 1.807) is 0 Å². The molecule has 3 nitrogen and oxygen atoms in total. The van der Waals surface area contributed by atoms with Crippen LogP contribution in [0.3, 0.4) is 0 Å². The second kappa shape index (κ2) is 4.49. The van der Waals surface area contributed by atoms with E-state index in [-0.39, 0.29) is 0 Å². The maximum absolute atomic E-state index is 5.94. The lowest BCUT2D eigenvalue weighted by molar-refractivity contribution is -0.168. The number of hydrogen-bond donors (Lipinski definition) is 1. The molecule has 0 aliphatic carbocycles. The summed E-state index contributed by atoms with van der Waals surface area (Å²) in [5, 5.41) is 0.683. The molecule has 1 aliphatic heterocycles. The lowest BCUT2D eigenvalue weighted by atomic mass is 10.0. The topological polar surface area (TPSA) is 44.5 Å². The fourth-order valence-electron chi connectivity index (χ4n) is 1.83. The molecule has 0 bridgehead atoms. The normalized spacial score (nSPS) is 19.3. The molecule has 0 aromatic heterocycles. The summed E-state index contributed by atoms with van der Waals surface area (Å²) in [6.45, 7) is 1.73. The molecule has 2 N–H and O–H groups in total. The summed E-state index contributed by atoms with van der Waals surface area (Å²) in [5.74, 6) is -0.681. The molecule has 0 saturated carbocycles. The van der Waals surface area contributed by atoms with Gasteiger partial charge in [0, 0.05) is 17.0 Å². The molecule has 82 valence electrons. The van der Waals surface area contributed by atoms with Gasteiger partial charge in [-0.15, -0.1) is 0 Å². The molecule has 1 aromatic carbocycles. The first kappa shape index (κ1) is 10.9. The lowest BCUT2D eigenvalue weighted by Gasteiger charge is -2.27. The number of nitrogens with two attached hydrogens (primary N) is 1. The third-order valence-corrected chi connectivity index (χ3v) is 2.73. The Bertz CT molecular complexity index is 337. The van der Waals surface area contributed by atoms with Crippen molar-refractivity contribution in [3.8, 4) is 0 Å². The zero-order valence-corrected chi connectivity index (χ0v) is 9.17. The highest BCUT2D eigenvalue weighted by Crippen LogP contribution is 2.35. The number of halogens is 1. The predicted octanol–water partition coefficient (Wildman–Crippen LogP) is 1.89. The quantitative estimate of drug-likeness (QED) is 0.858. The van der Waals surface area contributed by atoms with Gasteiger partial charge in [-0.05, 0) is 18.7 Å². The van der Waals surface area contributed by atoms with Crippen molar-refractivity contribution in [3.63, 3.8) is 0 Å². The fraction of sp³-hybridized carbons (Fsp3) is 0.455. The van der Waals surface area contributed by atoms with Crippen LogP contribution in [-0.4, -0.2) is 19.8 Å². The standard InChI is InChI=1S/C11H14ClNO2/c12-10-3-1-2-9(8-10)11(4-5-13)14-6-7-15-11/h1-3,8H,4-7,13H2.